The fourth-order valence-corrected chi connectivity index (χ4v) is 3.38. The molecule has 2 heterocycles. The van der Waals surface area contributed by atoms with E-state index in [1.807, 2.05) is 6.07 Å². The summed E-state index contributed by atoms with van der Waals surface area (Å²) >= 11 is 6.06. The summed E-state index contributed by atoms with van der Waals surface area (Å²) in [6.45, 7) is 1.74. The minimum Gasteiger partial charge on any atom is -0.269 e. The summed E-state index contributed by atoms with van der Waals surface area (Å²) < 4.78 is 27.9. The Hall–Kier alpha value is -2.12. The minimum absolute atomic E-state index is 0.0468. The SMILES string of the molecule is Cc1nn2cc(S(=O)(=O)N(C)c3ccccc3)cnc2c1Cl. The van der Waals surface area contributed by atoms with Crippen LogP contribution < -0.4 is 4.31 Å². The Bertz CT molecular complexity index is 938. The maximum atomic E-state index is 12.7. The van der Waals surface area contributed by atoms with E-state index in [2.05, 4.69) is 10.1 Å². The zero-order chi connectivity index (χ0) is 15.9. The maximum absolute atomic E-state index is 12.7. The van der Waals surface area contributed by atoms with E-state index in [1.165, 1.54) is 28.3 Å². The highest BCUT2D eigenvalue weighted by Gasteiger charge is 2.23. The van der Waals surface area contributed by atoms with Crippen molar-refractivity contribution >= 4 is 33.0 Å². The number of para-hydroxylation sites is 1. The van der Waals surface area contributed by atoms with Crippen molar-refractivity contribution in [3.8, 4) is 0 Å². The van der Waals surface area contributed by atoms with Crippen molar-refractivity contribution in [1.82, 2.24) is 14.6 Å². The van der Waals surface area contributed by atoms with Gasteiger partial charge >= 0.3 is 0 Å². The van der Waals surface area contributed by atoms with Crippen LogP contribution >= 0.6 is 11.6 Å². The Morgan fingerprint density at radius 2 is 1.91 bits per heavy atom. The van der Waals surface area contributed by atoms with Crippen LogP contribution in [0.15, 0.2) is 47.6 Å². The number of fused-ring (bicyclic) bond motifs is 1. The average molecular weight is 337 g/mol. The topological polar surface area (TPSA) is 67.6 Å². The largest absolute Gasteiger partial charge is 0.269 e. The Kier molecular flexibility index (Phi) is 3.54. The van der Waals surface area contributed by atoms with Crippen LogP contribution in [0, 0.1) is 6.92 Å². The van der Waals surface area contributed by atoms with Crippen molar-refractivity contribution in [2.45, 2.75) is 11.8 Å². The smallest absolute Gasteiger partial charge is 0.267 e. The van der Waals surface area contributed by atoms with Gasteiger partial charge in [0.2, 0.25) is 0 Å². The molecule has 114 valence electrons. The molecule has 3 rings (SSSR count). The zero-order valence-electron chi connectivity index (χ0n) is 11.9. The number of hydrogen-bond acceptors (Lipinski definition) is 4. The molecule has 0 aliphatic carbocycles. The fraction of sp³-hybridized carbons (Fsp3) is 0.143. The van der Waals surface area contributed by atoms with Crippen molar-refractivity contribution in [1.29, 1.82) is 0 Å². The molecule has 22 heavy (non-hydrogen) atoms. The Morgan fingerprint density at radius 1 is 1.23 bits per heavy atom. The van der Waals surface area contributed by atoms with Gasteiger partial charge in [0.25, 0.3) is 10.0 Å². The molecular weight excluding hydrogens is 324 g/mol. The first-order valence-electron chi connectivity index (χ1n) is 6.46. The Labute approximate surface area is 133 Å². The number of aromatic nitrogens is 3. The molecule has 0 spiro atoms. The summed E-state index contributed by atoms with van der Waals surface area (Å²) in [5, 5.41) is 4.58. The third-order valence-electron chi connectivity index (χ3n) is 3.33. The number of hydrogen-bond donors (Lipinski definition) is 0. The summed E-state index contributed by atoms with van der Waals surface area (Å²) in [5.74, 6) is 0. The van der Waals surface area contributed by atoms with E-state index >= 15 is 0 Å². The summed E-state index contributed by atoms with van der Waals surface area (Å²) in [5.41, 5.74) is 1.60. The third-order valence-corrected chi connectivity index (χ3v) is 5.51. The van der Waals surface area contributed by atoms with Crippen LogP contribution in [-0.4, -0.2) is 30.1 Å². The number of benzene rings is 1. The van der Waals surface area contributed by atoms with E-state index < -0.39 is 10.0 Å². The van der Waals surface area contributed by atoms with Crippen molar-refractivity contribution in [3.05, 3.63) is 53.4 Å². The first-order chi connectivity index (χ1) is 10.4. The lowest BCUT2D eigenvalue weighted by molar-refractivity contribution is 0.593. The van der Waals surface area contributed by atoms with Gasteiger partial charge in [-0.2, -0.15) is 5.10 Å². The third kappa shape index (κ3) is 2.32. The highest BCUT2D eigenvalue weighted by Crippen LogP contribution is 2.24. The second-order valence-electron chi connectivity index (χ2n) is 4.77. The molecule has 0 saturated heterocycles. The average Bonchev–Trinajstić information content (AvgIpc) is 2.81. The summed E-state index contributed by atoms with van der Waals surface area (Å²) in [6, 6.07) is 8.82. The zero-order valence-corrected chi connectivity index (χ0v) is 13.5. The normalized spacial score (nSPS) is 11.8. The van der Waals surface area contributed by atoms with Gasteiger partial charge in [-0.25, -0.2) is 17.9 Å². The van der Waals surface area contributed by atoms with Crippen LogP contribution in [0.2, 0.25) is 5.02 Å². The molecule has 0 amide bonds. The predicted octanol–water partition coefficient (Wildman–Crippen LogP) is 2.52. The van der Waals surface area contributed by atoms with Gasteiger partial charge in [-0.15, -0.1) is 0 Å². The van der Waals surface area contributed by atoms with Gasteiger partial charge in [0.05, 0.1) is 23.8 Å². The van der Waals surface area contributed by atoms with E-state index in [9.17, 15) is 8.42 Å². The molecule has 2 aromatic heterocycles. The molecule has 0 N–H and O–H groups in total. The summed E-state index contributed by atoms with van der Waals surface area (Å²) in [6.07, 6.45) is 2.70. The van der Waals surface area contributed by atoms with Gasteiger partial charge in [0.15, 0.2) is 5.65 Å². The molecule has 3 aromatic rings. The fourth-order valence-electron chi connectivity index (χ4n) is 2.07. The second-order valence-corrected chi connectivity index (χ2v) is 7.11. The molecule has 0 saturated carbocycles. The molecule has 0 bridgehead atoms. The van der Waals surface area contributed by atoms with Crippen LogP contribution in [-0.2, 0) is 10.0 Å². The van der Waals surface area contributed by atoms with Gasteiger partial charge < -0.3 is 0 Å². The van der Waals surface area contributed by atoms with E-state index in [4.69, 9.17) is 11.6 Å². The molecule has 0 aliphatic rings. The van der Waals surface area contributed by atoms with Gasteiger partial charge in [-0.05, 0) is 19.1 Å². The lowest BCUT2D eigenvalue weighted by Crippen LogP contribution is -2.26. The van der Waals surface area contributed by atoms with Crippen LogP contribution in [0.4, 0.5) is 5.69 Å². The number of rotatable bonds is 3. The first kappa shape index (κ1) is 14.8. The second kappa shape index (κ2) is 5.26. The van der Waals surface area contributed by atoms with Crippen LogP contribution in [0.3, 0.4) is 0 Å². The van der Waals surface area contributed by atoms with Crippen molar-refractivity contribution < 1.29 is 8.42 Å². The number of sulfonamides is 1. The number of aryl methyl sites for hydroxylation is 1. The number of halogens is 1. The van der Waals surface area contributed by atoms with E-state index in [1.54, 1.807) is 31.2 Å². The summed E-state index contributed by atoms with van der Waals surface area (Å²) in [4.78, 5) is 4.15. The molecule has 0 fully saturated rings. The quantitative estimate of drug-likeness (QED) is 0.737. The summed E-state index contributed by atoms with van der Waals surface area (Å²) in [7, 11) is -2.22. The highest BCUT2D eigenvalue weighted by atomic mass is 35.5. The Balaban J connectivity index is 2.09. The molecule has 0 aliphatic heterocycles. The highest BCUT2D eigenvalue weighted by molar-refractivity contribution is 7.92. The predicted molar refractivity (Wildman–Crippen MR) is 84.8 cm³/mol. The van der Waals surface area contributed by atoms with E-state index in [0.29, 0.717) is 22.1 Å². The molecule has 0 unspecified atom stereocenters. The molecule has 8 heteroatoms. The molecule has 6 nitrogen and oxygen atoms in total. The monoisotopic (exact) mass is 336 g/mol. The molecule has 0 radical (unpaired) electrons. The van der Waals surface area contributed by atoms with Crippen LogP contribution in [0.1, 0.15) is 5.69 Å². The standard InChI is InChI=1S/C14H13ClN4O2S/c1-10-13(15)14-16-8-12(9-19(14)17-10)22(20,21)18(2)11-6-4-3-5-7-11/h3-9H,1-2H3. The van der Waals surface area contributed by atoms with Gasteiger partial charge in [0, 0.05) is 7.05 Å². The van der Waals surface area contributed by atoms with Crippen molar-refractivity contribution in [2.24, 2.45) is 0 Å². The van der Waals surface area contributed by atoms with E-state index in [0.717, 1.165) is 0 Å². The Morgan fingerprint density at radius 3 is 2.59 bits per heavy atom. The molecule has 1 aromatic carbocycles. The number of anilines is 1. The van der Waals surface area contributed by atoms with Crippen molar-refractivity contribution in [2.75, 3.05) is 11.4 Å². The molecular formula is C14H13ClN4O2S. The molecule has 0 atom stereocenters. The lowest BCUT2D eigenvalue weighted by Gasteiger charge is -2.19. The van der Waals surface area contributed by atoms with Gasteiger partial charge in [-0.1, -0.05) is 29.8 Å². The lowest BCUT2D eigenvalue weighted by atomic mass is 10.3. The first-order valence-corrected chi connectivity index (χ1v) is 8.27. The van der Waals surface area contributed by atoms with E-state index in [-0.39, 0.29) is 4.90 Å². The number of nitrogens with zero attached hydrogens (tertiary/aromatic N) is 4. The van der Waals surface area contributed by atoms with Crippen molar-refractivity contribution in [3.63, 3.8) is 0 Å². The van der Waals surface area contributed by atoms with Crippen LogP contribution in [0.5, 0.6) is 0 Å². The van der Waals surface area contributed by atoms with Crippen LogP contribution in [0.25, 0.3) is 5.65 Å². The van der Waals surface area contributed by atoms with Gasteiger partial charge in [0.1, 0.15) is 9.92 Å². The maximum Gasteiger partial charge on any atom is 0.267 e. The minimum atomic E-state index is -3.72. The van der Waals surface area contributed by atoms with Gasteiger partial charge in [-0.3, -0.25) is 4.31 Å².